The van der Waals surface area contributed by atoms with E-state index in [0.29, 0.717) is 47.3 Å². The average Bonchev–Trinajstić information content (AvgIpc) is 3.61. The molecule has 13 nitrogen and oxygen atoms in total. The van der Waals surface area contributed by atoms with Crippen molar-refractivity contribution in [3.8, 4) is 39.9 Å². The molecule has 9 aromatic rings. The maximum Gasteiger partial charge on any atom is 0.431 e. The number of halogens is 4. The molecular weight excluding hydrogens is 849 g/mol. The number of aromatic nitrogens is 9. The second kappa shape index (κ2) is 15.9. The first-order chi connectivity index (χ1) is 31.8. The van der Waals surface area contributed by atoms with Crippen molar-refractivity contribution >= 4 is 50.6 Å². The smallest absolute Gasteiger partial charge is 0.431 e. The molecule has 2 aliphatic rings. The van der Waals surface area contributed by atoms with E-state index in [2.05, 4.69) is 46.9 Å². The molecule has 0 saturated heterocycles. The third-order valence-electron chi connectivity index (χ3n) is 12.4. The molecule has 2 aliphatic carbocycles. The van der Waals surface area contributed by atoms with Crippen LogP contribution in [0.15, 0.2) is 84.9 Å². The largest absolute Gasteiger partial charge is 0.508 e. The van der Waals surface area contributed by atoms with Crippen LogP contribution in [-0.4, -0.2) is 68.1 Å². The van der Waals surface area contributed by atoms with Crippen molar-refractivity contribution < 1.29 is 22.7 Å². The Morgan fingerprint density at radius 2 is 1.27 bits per heavy atom. The minimum Gasteiger partial charge on any atom is -0.508 e. The van der Waals surface area contributed by atoms with Crippen LogP contribution in [-0.2, 0) is 12.6 Å². The summed E-state index contributed by atoms with van der Waals surface area (Å²) >= 11 is 0. The van der Waals surface area contributed by atoms with Crippen LogP contribution in [0.5, 0.6) is 5.75 Å². The highest BCUT2D eigenvalue weighted by atomic mass is 19.4. The molecule has 0 amide bonds. The van der Waals surface area contributed by atoms with Gasteiger partial charge in [0.05, 0.1) is 21.7 Å². The number of aromatic amines is 3. The molecule has 0 bridgehead atoms. The van der Waals surface area contributed by atoms with Gasteiger partial charge in [-0.1, -0.05) is 42.5 Å². The summed E-state index contributed by atoms with van der Waals surface area (Å²) in [6.07, 6.45) is -0.751. The van der Waals surface area contributed by atoms with Crippen molar-refractivity contribution in [3.63, 3.8) is 0 Å². The second-order valence-electron chi connectivity index (χ2n) is 17.7. The van der Waals surface area contributed by atoms with Crippen LogP contribution in [0.25, 0.3) is 67.3 Å². The van der Waals surface area contributed by atoms with E-state index < -0.39 is 23.7 Å². The predicted molar refractivity (Wildman–Crippen MR) is 247 cm³/mol. The lowest BCUT2D eigenvalue weighted by atomic mass is 9.75. The first kappa shape index (κ1) is 41.2. The number of phenolic OH excluding ortho intramolecular Hbond substituents is 1. The normalized spacial score (nSPS) is 16.8. The average molecular weight is 893 g/mol. The van der Waals surface area contributed by atoms with Crippen LogP contribution in [0.1, 0.15) is 66.7 Å². The van der Waals surface area contributed by atoms with Gasteiger partial charge in [0.25, 0.3) is 0 Å². The van der Waals surface area contributed by atoms with Crippen molar-refractivity contribution in [1.29, 1.82) is 0 Å². The summed E-state index contributed by atoms with van der Waals surface area (Å²) in [5.74, 6) is 2.28. The maximum atomic E-state index is 16.1. The number of fused-ring (bicyclic) bond motifs is 3. The number of nitrogens with zero attached hydrogens (tertiary/aromatic N) is 6. The van der Waals surface area contributed by atoms with Crippen molar-refractivity contribution in [2.75, 3.05) is 16.0 Å². The van der Waals surface area contributed by atoms with E-state index in [1.165, 1.54) is 6.07 Å². The quantitative estimate of drug-likeness (QED) is 0.0583. The van der Waals surface area contributed by atoms with Gasteiger partial charge in [0, 0.05) is 40.6 Å². The number of hydrogen-bond donors (Lipinski definition) is 7. The van der Waals surface area contributed by atoms with Gasteiger partial charge >= 0.3 is 6.18 Å². The molecule has 6 heterocycles. The fraction of sp³-hybridized carbons (Fsp3) is 0.265. The molecule has 6 aromatic heterocycles. The molecule has 334 valence electrons. The van der Waals surface area contributed by atoms with Crippen LogP contribution >= 0.6 is 0 Å². The number of nitrogens with one attached hydrogen (secondary N) is 6. The fourth-order valence-corrected chi connectivity index (χ4v) is 8.96. The standard InChI is InChI=1S/C49H44F4N12O/c1-23(54-44-35-22-38(49(51,52)53)59-47(35)61-40(60-44)26-8-5-4-6-9-26)16-27-10-7-11-36(50)39(27)48-64-43-34(18-25(3)56-43)46(65-48)58-31-19-29(20-31)32-21-28(12-15-37(32)66)41-62-42-33(17-24(2)55-42)45(63-41)57-30-13-14-30/h4-12,15,17-18,21-23,29-31,66H,13-14,16,19-20H2,1-3H3,(H2,54,59,60,61)(H2,55,57,62,63)(H2,56,58,64,65). The molecular formula is C49H44F4N12O. The van der Waals surface area contributed by atoms with E-state index in [1.54, 1.807) is 42.5 Å². The van der Waals surface area contributed by atoms with Gasteiger partial charge in [-0.25, -0.2) is 34.3 Å². The number of aryl methyl sites for hydroxylation is 2. The third kappa shape index (κ3) is 7.87. The van der Waals surface area contributed by atoms with Crippen LogP contribution in [0.2, 0.25) is 0 Å². The molecule has 1 atom stereocenters. The monoisotopic (exact) mass is 892 g/mol. The van der Waals surface area contributed by atoms with Crippen LogP contribution in [0.4, 0.5) is 35.0 Å². The summed E-state index contributed by atoms with van der Waals surface area (Å²) in [4.78, 5) is 37.7. The van der Waals surface area contributed by atoms with Crippen LogP contribution < -0.4 is 16.0 Å². The SMILES string of the molecule is Cc1cc2c(NC3CC3)nc(-c3ccc(O)c(C4CC(Nc5nc(-c6c(F)cccc6CC(C)Nc6nc(-c7ccccc7)nc7[nH]c(C(F)(F)F)cc67)nc6[nH]c(C)cc56)C4)c3)nc2[nH]1. The van der Waals surface area contributed by atoms with E-state index in [1.807, 2.05) is 45.0 Å². The Labute approximate surface area is 375 Å². The number of aromatic hydroxyl groups is 1. The number of alkyl halides is 3. The minimum absolute atomic E-state index is 0.0101. The van der Waals surface area contributed by atoms with Gasteiger partial charge in [0.15, 0.2) is 17.5 Å². The lowest BCUT2D eigenvalue weighted by Gasteiger charge is -2.37. The summed E-state index contributed by atoms with van der Waals surface area (Å²) in [5.41, 5.74) is 5.31. The molecule has 7 N–H and O–H groups in total. The van der Waals surface area contributed by atoms with Crippen molar-refractivity contribution in [3.05, 3.63) is 119 Å². The Morgan fingerprint density at radius 1 is 0.667 bits per heavy atom. The number of H-pyrrole nitrogens is 3. The Balaban J connectivity index is 0.853. The zero-order valence-electron chi connectivity index (χ0n) is 36.1. The molecule has 11 rings (SSSR count). The summed E-state index contributed by atoms with van der Waals surface area (Å²) in [6, 6.07) is 24.3. The molecule has 17 heteroatoms. The molecule has 2 fully saturated rings. The van der Waals surface area contributed by atoms with Crippen LogP contribution in [0.3, 0.4) is 0 Å². The summed E-state index contributed by atoms with van der Waals surface area (Å²) < 4.78 is 57.8. The number of phenols is 1. The van der Waals surface area contributed by atoms with Gasteiger partial charge in [0.2, 0.25) is 0 Å². The summed E-state index contributed by atoms with van der Waals surface area (Å²) in [7, 11) is 0. The zero-order chi connectivity index (χ0) is 45.4. The van der Waals surface area contributed by atoms with Crippen molar-refractivity contribution in [1.82, 2.24) is 44.9 Å². The van der Waals surface area contributed by atoms with E-state index >= 15 is 4.39 Å². The second-order valence-corrected chi connectivity index (χ2v) is 17.7. The summed E-state index contributed by atoms with van der Waals surface area (Å²) in [5, 5.41) is 23.4. The van der Waals surface area contributed by atoms with Gasteiger partial charge in [-0.3, -0.25) is 0 Å². The number of anilines is 3. The predicted octanol–water partition coefficient (Wildman–Crippen LogP) is 11.0. The lowest BCUT2D eigenvalue weighted by Crippen LogP contribution is -2.34. The van der Waals surface area contributed by atoms with E-state index in [0.717, 1.165) is 63.7 Å². The highest BCUT2D eigenvalue weighted by Crippen LogP contribution is 2.44. The Hall–Kier alpha value is -7.56. The van der Waals surface area contributed by atoms with Gasteiger partial charge < -0.3 is 36.0 Å². The molecule has 0 spiro atoms. The van der Waals surface area contributed by atoms with Crippen LogP contribution in [0, 0.1) is 19.7 Å². The Bertz CT molecular complexity index is 3310. The Kier molecular flexibility index (Phi) is 9.89. The highest BCUT2D eigenvalue weighted by molar-refractivity contribution is 5.92. The van der Waals surface area contributed by atoms with E-state index in [9.17, 15) is 18.3 Å². The van der Waals surface area contributed by atoms with Gasteiger partial charge in [-0.2, -0.15) is 13.2 Å². The Morgan fingerprint density at radius 3 is 1.95 bits per heavy atom. The van der Waals surface area contributed by atoms with Gasteiger partial charge in [-0.15, -0.1) is 0 Å². The number of hydrogen-bond acceptors (Lipinski definition) is 10. The maximum absolute atomic E-state index is 16.1. The molecule has 66 heavy (non-hydrogen) atoms. The highest BCUT2D eigenvalue weighted by Gasteiger charge is 2.35. The molecule has 2 saturated carbocycles. The fourth-order valence-electron chi connectivity index (χ4n) is 8.96. The first-order valence-corrected chi connectivity index (χ1v) is 22.0. The minimum atomic E-state index is -4.62. The number of benzene rings is 3. The molecule has 0 aliphatic heterocycles. The van der Waals surface area contributed by atoms with Gasteiger partial charge in [-0.05, 0) is 112 Å². The first-order valence-electron chi connectivity index (χ1n) is 22.0. The molecule has 1 unspecified atom stereocenters. The third-order valence-corrected chi connectivity index (χ3v) is 12.4. The molecule has 3 aromatic carbocycles. The lowest BCUT2D eigenvalue weighted by molar-refractivity contribution is -0.140. The zero-order valence-corrected chi connectivity index (χ0v) is 36.1. The summed E-state index contributed by atoms with van der Waals surface area (Å²) in [6.45, 7) is 5.77. The topological polar surface area (TPSA) is 181 Å². The van der Waals surface area contributed by atoms with Crippen molar-refractivity contribution in [2.45, 2.75) is 83.1 Å². The number of rotatable bonds is 12. The van der Waals surface area contributed by atoms with Crippen molar-refractivity contribution in [2.24, 2.45) is 0 Å². The molecule has 0 radical (unpaired) electrons. The van der Waals surface area contributed by atoms with E-state index in [-0.39, 0.29) is 58.2 Å². The van der Waals surface area contributed by atoms with Gasteiger partial charge in [0.1, 0.15) is 51.7 Å². The van der Waals surface area contributed by atoms with E-state index in [4.69, 9.17) is 19.9 Å².